The first-order valence-corrected chi connectivity index (χ1v) is 12.5. The van der Waals surface area contributed by atoms with Gasteiger partial charge >= 0.3 is 0 Å². The maximum Gasteiger partial charge on any atom is 0.234 e. The van der Waals surface area contributed by atoms with Crippen LogP contribution in [0.4, 0.5) is 5.69 Å². The lowest BCUT2D eigenvalue weighted by Crippen LogP contribution is -2.14. The molecular formula is C27H28N4O5S. The zero-order chi connectivity index (χ0) is 26.2. The van der Waals surface area contributed by atoms with Crippen LogP contribution in [0.25, 0.3) is 17.1 Å². The number of methoxy groups -OCH3 is 3. The minimum absolute atomic E-state index is 0.146. The second-order valence-corrected chi connectivity index (χ2v) is 8.63. The number of hydrogen-bond acceptors (Lipinski definition) is 8. The molecule has 0 aliphatic heterocycles. The molecule has 0 unspecified atom stereocenters. The average Bonchev–Trinajstić information content (AvgIpc) is 3.36. The van der Waals surface area contributed by atoms with Crippen molar-refractivity contribution in [3.8, 4) is 40.1 Å². The summed E-state index contributed by atoms with van der Waals surface area (Å²) in [6.07, 6.45) is 0. The van der Waals surface area contributed by atoms with Crippen molar-refractivity contribution in [2.45, 2.75) is 12.1 Å². The Bertz CT molecular complexity index is 1320. The van der Waals surface area contributed by atoms with E-state index >= 15 is 0 Å². The molecule has 0 saturated heterocycles. The number of anilines is 1. The summed E-state index contributed by atoms with van der Waals surface area (Å²) < 4.78 is 23.8. The Morgan fingerprint density at radius 3 is 2.19 bits per heavy atom. The van der Waals surface area contributed by atoms with Crippen LogP contribution in [-0.2, 0) is 4.79 Å². The van der Waals surface area contributed by atoms with E-state index in [2.05, 4.69) is 15.5 Å². The van der Waals surface area contributed by atoms with E-state index in [1.165, 1.54) is 11.8 Å². The number of thioether (sulfide) groups is 1. The molecule has 0 aliphatic rings. The summed E-state index contributed by atoms with van der Waals surface area (Å²) in [7, 11) is 4.68. The molecule has 0 radical (unpaired) electrons. The number of benzene rings is 3. The predicted octanol–water partition coefficient (Wildman–Crippen LogP) is 5.09. The fourth-order valence-electron chi connectivity index (χ4n) is 3.70. The number of nitrogens with one attached hydrogen (secondary N) is 1. The van der Waals surface area contributed by atoms with Crippen molar-refractivity contribution in [2.75, 3.05) is 39.0 Å². The molecule has 1 aromatic heterocycles. The van der Waals surface area contributed by atoms with Crippen LogP contribution in [0, 0.1) is 0 Å². The molecule has 0 saturated carbocycles. The van der Waals surface area contributed by atoms with E-state index in [0.29, 0.717) is 40.5 Å². The minimum Gasteiger partial charge on any atom is -0.494 e. The average molecular weight is 521 g/mol. The molecular weight excluding hydrogens is 492 g/mol. The van der Waals surface area contributed by atoms with Crippen molar-refractivity contribution in [2.24, 2.45) is 0 Å². The summed E-state index contributed by atoms with van der Waals surface area (Å²) in [5.74, 6) is 2.80. The molecule has 9 nitrogen and oxygen atoms in total. The first kappa shape index (κ1) is 25.9. The number of ether oxygens (including phenoxy) is 4. The van der Waals surface area contributed by atoms with Crippen LogP contribution in [-0.4, -0.2) is 54.4 Å². The molecule has 4 aromatic rings. The number of nitrogens with zero attached hydrogens (tertiary/aromatic N) is 3. The monoisotopic (exact) mass is 520 g/mol. The van der Waals surface area contributed by atoms with Crippen LogP contribution in [0.3, 0.4) is 0 Å². The molecule has 192 valence electrons. The highest BCUT2D eigenvalue weighted by molar-refractivity contribution is 7.99. The van der Waals surface area contributed by atoms with Gasteiger partial charge in [-0.15, -0.1) is 10.2 Å². The third-order valence-corrected chi connectivity index (χ3v) is 6.28. The van der Waals surface area contributed by atoms with Gasteiger partial charge in [-0.1, -0.05) is 30.0 Å². The molecule has 37 heavy (non-hydrogen) atoms. The smallest absolute Gasteiger partial charge is 0.234 e. The maximum atomic E-state index is 12.7. The Morgan fingerprint density at radius 2 is 1.59 bits per heavy atom. The highest BCUT2D eigenvalue weighted by Gasteiger charge is 2.21. The second-order valence-electron chi connectivity index (χ2n) is 7.69. The maximum absolute atomic E-state index is 12.7. The number of rotatable bonds is 11. The van der Waals surface area contributed by atoms with Crippen molar-refractivity contribution in [1.29, 1.82) is 0 Å². The zero-order valence-electron chi connectivity index (χ0n) is 21.1. The molecule has 0 atom stereocenters. The van der Waals surface area contributed by atoms with E-state index in [0.717, 1.165) is 17.0 Å². The first-order valence-electron chi connectivity index (χ1n) is 11.5. The van der Waals surface area contributed by atoms with Gasteiger partial charge in [0.25, 0.3) is 0 Å². The molecule has 0 bridgehead atoms. The highest BCUT2D eigenvalue weighted by Crippen LogP contribution is 2.41. The van der Waals surface area contributed by atoms with Gasteiger partial charge in [0.05, 0.1) is 33.7 Å². The molecule has 0 aliphatic carbocycles. The number of hydrogen-bond donors (Lipinski definition) is 1. The van der Waals surface area contributed by atoms with Crippen LogP contribution >= 0.6 is 11.8 Å². The van der Waals surface area contributed by atoms with Crippen LogP contribution in [0.1, 0.15) is 6.92 Å². The van der Waals surface area contributed by atoms with Gasteiger partial charge in [-0.2, -0.15) is 0 Å². The van der Waals surface area contributed by atoms with Gasteiger partial charge in [0, 0.05) is 16.9 Å². The van der Waals surface area contributed by atoms with Gasteiger partial charge in [-0.05, 0) is 55.5 Å². The topological polar surface area (TPSA) is 96.7 Å². The lowest BCUT2D eigenvalue weighted by Gasteiger charge is -2.15. The van der Waals surface area contributed by atoms with Crippen LogP contribution in [0.2, 0.25) is 0 Å². The zero-order valence-corrected chi connectivity index (χ0v) is 21.9. The molecule has 4 rings (SSSR count). The van der Waals surface area contributed by atoms with Gasteiger partial charge in [-0.25, -0.2) is 0 Å². The Hall–Kier alpha value is -4.18. The number of amides is 1. The van der Waals surface area contributed by atoms with E-state index in [-0.39, 0.29) is 11.7 Å². The Balaban J connectivity index is 1.61. The van der Waals surface area contributed by atoms with E-state index in [1.807, 2.05) is 78.2 Å². The second kappa shape index (κ2) is 12.2. The van der Waals surface area contributed by atoms with Crippen LogP contribution in [0.5, 0.6) is 23.0 Å². The molecule has 1 heterocycles. The quantitative estimate of drug-likeness (QED) is 0.273. The summed E-state index contributed by atoms with van der Waals surface area (Å²) in [5.41, 5.74) is 2.26. The summed E-state index contributed by atoms with van der Waals surface area (Å²) >= 11 is 1.29. The third kappa shape index (κ3) is 5.97. The number of aromatic nitrogens is 3. The Labute approximate surface area is 219 Å². The van der Waals surface area contributed by atoms with E-state index < -0.39 is 0 Å². The van der Waals surface area contributed by atoms with Crippen molar-refractivity contribution >= 4 is 23.4 Å². The van der Waals surface area contributed by atoms with E-state index in [1.54, 1.807) is 21.3 Å². The minimum atomic E-state index is -0.161. The van der Waals surface area contributed by atoms with Crippen molar-refractivity contribution in [3.05, 3.63) is 66.7 Å². The van der Waals surface area contributed by atoms with Crippen molar-refractivity contribution in [1.82, 2.24) is 14.8 Å². The fraction of sp³-hybridized carbons (Fsp3) is 0.222. The van der Waals surface area contributed by atoms with Crippen molar-refractivity contribution in [3.63, 3.8) is 0 Å². The third-order valence-electron chi connectivity index (χ3n) is 5.35. The fourth-order valence-corrected chi connectivity index (χ4v) is 4.45. The van der Waals surface area contributed by atoms with Crippen molar-refractivity contribution < 1.29 is 23.7 Å². The van der Waals surface area contributed by atoms with Crippen LogP contribution in [0.15, 0.2) is 71.9 Å². The largest absolute Gasteiger partial charge is 0.494 e. The highest BCUT2D eigenvalue weighted by atomic mass is 32.2. The normalized spacial score (nSPS) is 10.6. The van der Waals surface area contributed by atoms with Gasteiger partial charge in [0.15, 0.2) is 22.5 Å². The molecule has 1 N–H and O–H groups in total. The van der Waals surface area contributed by atoms with E-state index in [9.17, 15) is 4.79 Å². The lowest BCUT2D eigenvalue weighted by molar-refractivity contribution is -0.113. The summed E-state index contributed by atoms with van der Waals surface area (Å²) in [6.45, 7) is 2.51. The number of para-hydroxylation sites is 1. The van der Waals surface area contributed by atoms with Gasteiger partial charge in [0.1, 0.15) is 5.75 Å². The standard InChI is InChI=1S/C27H28N4O5S/c1-5-36-21-13-11-19(12-14-21)28-24(32)17-37-27-30-29-26(31(27)20-9-7-6-8-10-20)18-15-22(33-2)25(35-4)23(16-18)34-3/h6-16H,5,17H2,1-4H3,(H,28,32). The predicted molar refractivity (Wildman–Crippen MR) is 143 cm³/mol. The number of carbonyl (C=O) groups is 1. The van der Waals surface area contributed by atoms with Gasteiger partial charge < -0.3 is 24.3 Å². The SMILES string of the molecule is CCOc1ccc(NC(=O)CSc2nnc(-c3cc(OC)c(OC)c(OC)c3)n2-c2ccccc2)cc1. The number of carbonyl (C=O) groups excluding carboxylic acids is 1. The lowest BCUT2D eigenvalue weighted by atomic mass is 10.1. The van der Waals surface area contributed by atoms with Gasteiger partial charge in [-0.3, -0.25) is 9.36 Å². The molecule has 10 heteroatoms. The Kier molecular flexibility index (Phi) is 8.52. The molecule has 0 fully saturated rings. The van der Waals surface area contributed by atoms with Crippen LogP contribution < -0.4 is 24.3 Å². The Morgan fingerprint density at radius 1 is 0.919 bits per heavy atom. The molecule has 3 aromatic carbocycles. The molecule has 0 spiro atoms. The molecule has 1 amide bonds. The van der Waals surface area contributed by atoms with E-state index in [4.69, 9.17) is 18.9 Å². The summed E-state index contributed by atoms with van der Waals surface area (Å²) in [5, 5.41) is 12.3. The van der Waals surface area contributed by atoms with Gasteiger partial charge in [0.2, 0.25) is 11.7 Å². The summed E-state index contributed by atoms with van der Waals surface area (Å²) in [6, 6.07) is 20.6. The first-order chi connectivity index (χ1) is 18.1. The summed E-state index contributed by atoms with van der Waals surface area (Å²) in [4.78, 5) is 12.7.